The second-order valence-electron chi connectivity index (χ2n) is 6.13. The minimum Gasteiger partial charge on any atom is -0.478 e. The molecule has 0 spiro atoms. The van der Waals surface area contributed by atoms with E-state index in [1.807, 2.05) is 31.2 Å². The number of carboxylic acids is 1. The zero-order valence-corrected chi connectivity index (χ0v) is 13.6. The van der Waals surface area contributed by atoms with Gasteiger partial charge in [-0.05, 0) is 61.7 Å². The van der Waals surface area contributed by atoms with Gasteiger partial charge in [-0.15, -0.1) is 0 Å². The topological polar surface area (TPSA) is 80.4 Å². The third-order valence-electron chi connectivity index (χ3n) is 4.40. The summed E-state index contributed by atoms with van der Waals surface area (Å²) in [6.07, 6.45) is 3.23. The Kier molecular flexibility index (Phi) is 3.50. The van der Waals surface area contributed by atoms with Gasteiger partial charge < -0.3 is 9.52 Å². The van der Waals surface area contributed by atoms with Crippen molar-refractivity contribution < 1.29 is 14.3 Å². The van der Waals surface area contributed by atoms with Crippen molar-refractivity contribution in [2.24, 2.45) is 0 Å². The predicted molar refractivity (Wildman–Crippen MR) is 94.6 cm³/mol. The Bertz CT molecular complexity index is 1110. The molecular weight excluding hydrogens is 318 g/mol. The largest absolute Gasteiger partial charge is 0.478 e. The monoisotopic (exact) mass is 333 g/mol. The summed E-state index contributed by atoms with van der Waals surface area (Å²) in [5.41, 5.74) is 3.63. The molecule has 1 aliphatic rings. The van der Waals surface area contributed by atoms with Gasteiger partial charge in [0.25, 0.3) is 0 Å². The quantitative estimate of drug-likeness (QED) is 0.774. The Morgan fingerprint density at radius 2 is 2.08 bits per heavy atom. The third-order valence-corrected chi connectivity index (χ3v) is 4.40. The lowest BCUT2D eigenvalue weighted by Gasteiger charge is -2.05. The zero-order valence-electron chi connectivity index (χ0n) is 13.6. The summed E-state index contributed by atoms with van der Waals surface area (Å²) >= 11 is 0. The summed E-state index contributed by atoms with van der Waals surface area (Å²) in [5, 5.41) is 9.42. The molecule has 5 nitrogen and oxygen atoms in total. The molecule has 3 aromatic rings. The number of allylic oxidation sites excluding steroid dienone is 1. The van der Waals surface area contributed by atoms with E-state index in [4.69, 9.17) is 9.52 Å². The number of aromatic carboxylic acids is 1. The smallest absolute Gasteiger partial charge is 0.335 e. The Morgan fingerprint density at radius 1 is 1.24 bits per heavy atom. The number of rotatable bonds is 2. The number of aromatic nitrogens is 1. The summed E-state index contributed by atoms with van der Waals surface area (Å²) in [6, 6.07) is 10.2. The Labute approximate surface area is 143 Å². The molecule has 5 heteroatoms. The van der Waals surface area contributed by atoms with E-state index in [-0.39, 0.29) is 11.0 Å². The highest BCUT2D eigenvalue weighted by Gasteiger charge is 2.24. The van der Waals surface area contributed by atoms with Gasteiger partial charge in [0, 0.05) is 11.3 Å². The van der Waals surface area contributed by atoms with Gasteiger partial charge in [0.15, 0.2) is 5.43 Å². The van der Waals surface area contributed by atoms with Gasteiger partial charge in [-0.25, -0.2) is 4.79 Å². The normalized spacial score (nSPS) is 14.8. The standard InChI is InChI=1S/C20H15NO4/c1-11-3-2-4-14(21-11)9-12-5-7-15-18(22)16-10-13(20(23)24)6-8-17(16)25-19(12)15/h2-4,6,8-10H,5,7H2,1H3,(H,23,24)/b12-9+. The number of hydrogen-bond acceptors (Lipinski definition) is 4. The van der Waals surface area contributed by atoms with Crippen molar-refractivity contribution in [2.75, 3.05) is 0 Å². The molecule has 0 atom stereocenters. The van der Waals surface area contributed by atoms with Crippen molar-refractivity contribution in [3.63, 3.8) is 0 Å². The van der Waals surface area contributed by atoms with Crippen LogP contribution in [0.5, 0.6) is 0 Å². The molecule has 1 N–H and O–H groups in total. The van der Waals surface area contributed by atoms with Crippen LogP contribution in [0.25, 0.3) is 22.6 Å². The number of nitrogens with zero attached hydrogens (tertiary/aromatic N) is 1. The fourth-order valence-corrected chi connectivity index (χ4v) is 3.19. The van der Waals surface area contributed by atoms with E-state index in [1.165, 1.54) is 12.1 Å². The summed E-state index contributed by atoms with van der Waals surface area (Å²) in [7, 11) is 0. The molecule has 0 fully saturated rings. The molecule has 0 saturated heterocycles. The maximum absolute atomic E-state index is 12.8. The highest BCUT2D eigenvalue weighted by Crippen LogP contribution is 2.34. The number of benzene rings is 1. The third kappa shape index (κ3) is 2.63. The van der Waals surface area contributed by atoms with Crippen LogP contribution in [0.15, 0.2) is 45.6 Å². The Balaban J connectivity index is 1.88. The van der Waals surface area contributed by atoms with Crippen LogP contribution in [-0.4, -0.2) is 16.1 Å². The first-order chi connectivity index (χ1) is 12.0. The molecule has 1 aromatic carbocycles. The Hall–Kier alpha value is -3.21. The fourth-order valence-electron chi connectivity index (χ4n) is 3.19. The van der Waals surface area contributed by atoms with Crippen LogP contribution < -0.4 is 5.43 Å². The Morgan fingerprint density at radius 3 is 2.84 bits per heavy atom. The number of fused-ring (bicyclic) bond motifs is 2. The summed E-state index contributed by atoms with van der Waals surface area (Å²) in [6.45, 7) is 1.93. The van der Waals surface area contributed by atoms with Crippen LogP contribution in [-0.2, 0) is 6.42 Å². The first-order valence-corrected chi connectivity index (χ1v) is 8.00. The van der Waals surface area contributed by atoms with E-state index >= 15 is 0 Å². The van der Waals surface area contributed by atoms with E-state index < -0.39 is 5.97 Å². The molecule has 0 bridgehead atoms. The lowest BCUT2D eigenvalue weighted by atomic mass is 10.1. The lowest BCUT2D eigenvalue weighted by molar-refractivity contribution is 0.0697. The fraction of sp³-hybridized carbons (Fsp3) is 0.150. The van der Waals surface area contributed by atoms with Gasteiger partial charge in [0.2, 0.25) is 0 Å². The first kappa shape index (κ1) is 15.3. The summed E-state index contributed by atoms with van der Waals surface area (Å²) < 4.78 is 5.95. The maximum atomic E-state index is 12.8. The van der Waals surface area contributed by atoms with Crippen molar-refractivity contribution >= 4 is 28.6 Å². The highest BCUT2D eigenvalue weighted by molar-refractivity contribution is 5.94. The minimum absolute atomic E-state index is 0.0810. The zero-order chi connectivity index (χ0) is 17.6. The number of carbonyl (C=O) groups is 1. The van der Waals surface area contributed by atoms with E-state index in [1.54, 1.807) is 6.07 Å². The van der Waals surface area contributed by atoms with E-state index in [9.17, 15) is 9.59 Å². The molecule has 0 saturated carbocycles. The molecule has 25 heavy (non-hydrogen) atoms. The SMILES string of the molecule is Cc1cccc(/C=C2\CCc3c2oc2ccc(C(=O)O)cc2c3=O)n1. The molecular formula is C20H15NO4. The van der Waals surface area contributed by atoms with Crippen LogP contribution >= 0.6 is 0 Å². The van der Waals surface area contributed by atoms with Crippen LogP contribution in [0.1, 0.15) is 39.5 Å². The van der Waals surface area contributed by atoms with Crippen LogP contribution in [0, 0.1) is 6.92 Å². The van der Waals surface area contributed by atoms with Crippen molar-refractivity contribution in [1.82, 2.24) is 4.98 Å². The summed E-state index contributed by atoms with van der Waals surface area (Å²) in [5.74, 6) is -0.475. The van der Waals surface area contributed by atoms with Crippen LogP contribution in [0.2, 0.25) is 0 Å². The van der Waals surface area contributed by atoms with Gasteiger partial charge in [0.1, 0.15) is 11.3 Å². The predicted octanol–water partition coefficient (Wildman–Crippen LogP) is 3.68. The highest BCUT2D eigenvalue weighted by atomic mass is 16.4. The number of aryl methyl sites for hydroxylation is 1. The van der Waals surface area contributed by atoms with Crippen molar-refractivity contribution in [3.8, 4) is 0 Å². The number of hydrogen-bond donors (Lipinski definition) is 1. The first-order valence-electron chi connectivity index (χ1n) is 8.00. The molecule has 2 aromatic heterocycles. The van der Waals surface area contributed by atoms with Crippen molar-refractivity contribution in [3.05, 3.63) is 74.9 Å². The number of carboxylic acid groups (broad SMARTS) is 1. The summed E-state index contributed by atoms with van der Waals surface area (Å²) in [4.78, 5) is 28.3. The molecule has 4 rings (SSSR count). The maximum Gasteiger partial charge on any atom is 0.335 e. The number of pyridine rings is 1. The minimum atomic E-state index is -1.06. The van der Waals surface area contributed by atoms with Gasteiger partial charge in [0.05, 0.1) is 16.6 Å². The van der Waals surface area contributed by atoms with E-state index in [2.05, 4.69) is 4.98 Å². The second kappa shape index (κ2) is 5.70. The molecule has 124 valence electrons. The molecule has 0 unspecified atom stereocenters. The van der Waals surface area contributed by atoms with Crippen molar-refractivity contribution in [2.45, 2.75) is 19.8 Å². The van der Waals surface area contributed by atoms with Gasteiger partial charge in [-0.1, -0.05) is 6.07 Å². The van der Waals surface area contributed by atoms with E-state index in [0.29, 0.717) is 35.1 Å². The molecule has 0 amide bonds. The average molecular weight is 333 g/mol. The lowest BCUT2D eigenvalue weighted by Crippen LogP contribution is -2.09. The van der Waals surface area contributed by atoms with Gasteiger partial charge in [-0.2, -0.15) is 0 Å². The molecule has 2 heterocycles. The van der Waals surface area contributed by atoms with Crippen LogP contribution in [0.3, 0.4) is 0 Å². The molecule has 0 radical (unpaired) electrons. The van der Waals surface area contributed by atoms with E-state index in [0.717, 1.165) is 17.0 Å². The van der Waals surface area contributed by atoms with Gasteiger partial charge >= 0.3 is 5.97 Å². The second-order valence-corrected chi connectivity index (χ2v) is 6.13. The van der Waals surface area contributed by atoms with Crippen molar-refractivity contribution in [1.29, 1.82) is 0 Å². The molecule has 1 aliphatic carbocycles. The molecule has 0 aliphatic heterocycles. The van der Waals surface area contributed by atoms with Gasteiger partial charge in [-0.3, -0.25) is 9.78 Å². The van der Waals surface area contributed by atoms with Crippen LogP contribution in [0.4, 0.5) is 0 Å². The average Bonchev–Trinajstić information content (AvgIpc) is 2.98.